The van der Waals surface area contributed by atoms with Crippen molar-refractivity contribution >= 4 is 44.4 Å². The summed E-state index contributed by atoms with van der Waals surface area (Å²) >= 11 is 0. The number of aromatic nitrogens is 1. The number of carbonyl (C=O) groups is 1. The van der Waals surface area contributed by atoms with Gasteiger partial charge in [-0.1, -0.05) is 23.8 Å². The molecule has 0 saturated carbocycles. The van der Waals surface area contributed by atoms with E-state index >= 15 is 0 Å². The van der Waals surface area contributed by atoms with Crippen molar-refractivity contribution in [1.29, 1.82) is 0 Å². The number of urea groups is 1. The molecule has 2 unspecified atom stereocenters. The number of anilines is 2. The van der Waals surface area contributed by atoms with Crippen LogP contribution < -0.4 is 10.2 Å². The Morgan fingerprint density at radius 1 is 1.03 bits per heavy atom. The van der Waals surface area contributed by atoms with Gasteiger partial charge in [0.2, 0.25) is 0 Å². The van der Waals surface area contributed by atoms with Gasteiger partial charge in [-0.05, 0) is 51.5 Å². The first-order valence-corrected chi connectivity index (χ1v) is 10.6. The number of aryl methyl sites for hydroxylation is 2. The number of pyridine rings is 1. The normalized spacial score (nSPS) is 17.3. The third-order valence-corrected chi connectivity index (χ3v) is 4.74. The number of nitrogens with zero attached hydrogens (tertiary/aromatic N) is 3. The average molecular weight is 416 g/mol. The third-order valence-electron chi connectivity index (χ3n) is 4.74. The fraction of sp³-hybridized carbons (Fsp3) is 0.417. The molecule has 1 aliphatic rings. The van der Waals surface area contributed by atoms with Gasteiger partial charge in [-0.3, -0.25) is 0 Å². The Kier molecular flexibility index (Phi) is 11.5. The van der Waals surface area contributed by atoms with E-state index in [0.717, 1.165) is 24.6 Å². The molecule has 1 aliphatic heterocycles. The second kappa shape index (κ2) is 13.6. The van der Waals surface area contributed by atoms with Crippen LogP contribution in [0.2, 0.25) is 0 Å². The van der Waals surface area contributed by atoms with E-state index in [0.29, 0.717) is 0 Å². The topological polar surface area (TPSA) is 48.5 Å². The molecule has 2 heterocycles. The maximum atomic E-state index is 12.8. The Morgan fingerprint density at radius 2 is 1.55 bits per heavy atom. The first kappa shape index (κ1) is 26.3. The van der Waals surface area contributed by atoms with E-state index in [2.05, 4.69) is 42.0 Å². The number of rotatable bonds is 2. The second-order valence-corrected chi connectivity index (χ2v) is 7.62. The number of nitrogens with one attached hydrogen (secondary N) is 1. The van der Waals surface area contributed by atoms with E-state index in [1.54, 1.807) is 13.8 Å². The predicted octanol–water partition coefficient (Wildman–Crippen LogP) is 3.78. The van der Waals surface area contributed by atoms with Crippen LogP contribution in [0.1, 0.15) is 38.8 Å². The van der Waals surface area contributed by atoms with Crippen molar-refractivity contribution in [2.45, 2.75) is 53.6 Å². The van der Waals surface area contributed by atoms with Gasteiger partial charge >= 0.3 is 46.8 Å². The monoisotopic (exact) mass is 416 g/mol. The molecule has 31 heavy (non-hydrogen) atoms. The summed E-state index contributed by atoms with van der Waals surface area (Å²) in [4.78, 5) is 21.5. The fourth-order valence-corrected chi connectivity index (χ4v) is 3.53. The molecule has 2 atom stereocenters. The van der Waals surface area contributed by atoms with Gasteiger partial charge in [0.15, 0.2) is 0 Å². The van der Waals surface area contributed by atoms with Crippen LogP contribution in [0, 0.1) is 13.8 Å². The first-order chi connectivity index (χ1) is 14.8. The van der Waals surface area contributed by atoms with Crippen molar-refractivity contribution in [3.05, 3.63) is 53.7 Å². The molecule has 1 aromatic heterocycles. The number of hydrogen-bond acceptors (Lipinski definition) is 3. The SMILES string of the molecule is Cc1ccc(NC(=O)N2C(C)CN(c3ncccc3C)CC2C)cc1.[B]=CC.[B]=CC. The Labute approximate surface area is 190 Å². The molecule has 1 saturated heterocycles. The van der Waals surface area contributed by atoms with Crippen molar-refractivity contribution in [3.8, 4) is 0 Å². The van der Waals surface area contributed by atoms with Crippen molar-refractivity contribution in [1.82, 2.24) is 9.88 Å². The van der Waals surface area contributed by atoms with Crippen molar-refractivity contribution < 1.29 is 4.79 Å². The third kappa shape index (κ3) is 8.16. The molecule has 1 fully saturated rings. The zero-order valence-electron chi connectivity index (χ0n) is 19.7. The van der Waals surface area contributed by atoms with Crippen LogP contribution in [-0.2, 0) is 0 Å². The van der Waals surface area contributed by atoms with E-state index in [4.69, 9.17) is 15.0 Å². The first-order valence-electron chi connectivity index (χ1n) is 10.6. The van der Waals surface area contributed by atoms with E-state index in [1.165, 1.54) is 23.1 Å². The molecule has 2 radical (unpaired) electrons. The van der Waals surface area contributed by atoms with E-state index in [-0.39, 0.29) is 18.1 Å². The quantitative estimate of drug-likeness (QED) is 0.759. The summed E-state index contributed by atoms with van der Waals surface area (Å²) in [6.45, 7) is 13.4. The zero-order chi connectivity index (χ0) is 23.4. The molecule has 162 valence electrons. The standard InChI is InChI=1S/C20H26N4O.2C2H4B/c1-14-7-9-18(10-8-14)22-20(25)24-16(3)12-23(13-17(24)4)19-15(2)6-5-11-21-19;2*1-2-3/h5-11,16-17H,12-13H2,1-4H3,(H,22,25);2*2H,1H3. The van der Waals surface area contributed by atoms with E-state index in [1.807, 2.05) is 48.4 Å². The molecule has 2 aromatic rings. The number of amides is 2. The van der Waals surface area contributed by atoms with E-state index < -0.39 is 0 Å². The van der Waals surface area contributed by atoms with Crippen LogP contribution in [0.3, 0.4) is 0 Å². The molecule has 7 heteroatoms. The van der Waals surface area contributed by atoms with Crippen LogP contribution >= 0.6 is 0 Å². The molecular formula is C24H34B2N4O. The summed E-state index contributed by atoms with van der Waals surface area (Å²) in [5.41, 5.74) is 3.18. The van der Waals surface area contributed by atoms with Gasteiger partial charge in [0.25, 0.3) is 0 Å². The van der Waals surface area contributed by atoms with Crippen molar-refractivity contribution in [3.63, 3.8) is 0 Å². The van der Waals surface area contributed by atoms with Crippen LogP contribution in [0.15, 0.2) is 42.6 Å². The molecular weight excluding hydrogens is 382 g/mol. The average Bonchev–Trinajstić information content (AvgIpc) is 2.71. The van der Waals surface area contributed by atoms with Gasteiger partial charge in [-0.15, -0.1) is 0 Å². The minimum absolute atomic E-state index is 0.0405. The van der Waals surface area contributed by atoms with Gasteiger partial charge in [0.1, 0.15) is 5.82 Å². The van der Waals surface area contributed by atoms with Gasteiger partial charge in [-0.25, -0.2) is 9.78 Å². The summed E-state index contributed by atoms with van der Waals surface area (Å²) in [6.07, 6.45) is 1.83. The summed E-state index contributed by atoms with van der Waals surface area (Å²) in [7, 11) is 9.44. The minimum atomic E-state index is -0.0405. The Morgan fingerprint density at radius 3 is 2.03 bits per heavy atom. The molecule has 1 N–H and O–H groups in total. The van der Waals surface area contributed by atoms with Gasteiger partial charge < -0.3 is 15.1 Å². The summed E-state index contributed by atoms with van der Waals surface area (Å²) in [5.74, 6) is 4.01. The molecule has 1 aromatic carbocycles. The molecule has 3 rings (SSSR count). The van der Waals surface area contributed by atoms with Gasteiger partial charge in [0.05, 0.1) is 0 Å². The molecule has 0 aliphatic carbocycles. The zero-order valence-corrected chi connectivity index (χ0v) is 19.7. The van der Waals surface area contributed by atoms with Crippen LogP contribution in [-0.4, -0.2) is 68.0 Å². The van der Waals surface area contributed by atoms with Gasteiger partial charge in [0, 0.05) is 37.1 Å². The van der Waals surface area contributed by atoms with Crippen molar-refractivity contribution in [2.24, 2.45) is 0 Å². The Bertz CT molecular complexity index is 824. The molecule has 0 bridgehead atoms. The number of piperazine rings is 1. The number of hydrogen-bond donors (Lipinski definition) is 1. The second-order valence-electron chi connectivity index (χ2n) is 7.62. The van der Waals surface area contributed by atoms with Crippen LogP contribution in [0.4, 0.5) is 16.3 Å². The molecule has 5 nitrogen and oxygen atoms in total. The Balaban J connectivity index is 0.000000720. The van der Waals surface area contributed by atoms with Crippen molar-refractivity contribution in [2.75, 3.05) is 23.3 Å². The van der Waals surface area contributed by atoms with E-state index in [9.17, 15) is 4.79 Å². The van der Waals surface area contributed by atoms with Crippen LogP contribution in [0.5, 0.6) is 0 Å². The number of benzene rings is 1. The number of carbonyl (C=O) groups excluding carboxylic acids is 1. The Hall–Kier alpha value is -2.69. The maximum absolute atomic E-state index is 12.8. The molecule has 0 spiro atoms. The summed E-state index contributed by atoms with van der Waals surface area (Å²) in [5, 5.41) is 3.02. The van der Waals surface area contributed by atoms with Gasteiger partial charge in [-0.2, -0.15) is 0 Å². The summed E-state index contributed by atoms with van der Waals surface area (Å²) < 4.78 is 0. The predicted molar refractivity (Wildman–Crippen MR) is 137 cm³/mol. The van der Waals surface area contributed by atoms with Crippen LogP contribution in [0.25, 0.3) is 0 Å². The molecule has 2 amide bonds. The summed E-state index contributed by atoms with van der Waals surface area (Å²) in [6, 6.07) is 12.1. The fourth-order valence-electron chi connectivity index (χ4n) is 3.53.